The van der Waals surface area contributed by atoms with Crippen molar-refractivity contribution in [1.82, 2.24) is 14.5 Å². The minimum atomic E-state index is -0.362. The maximum atomic E-state index is 13.2. The van der Waals surface area contributed by atoms with Crippen molar-refractivity contribution < 1.29 is 4.39 Å². The molecular formula is C18H24FN3O. The monoisotopic (exact) mass is 317 g/mol. The van der Waals surface area contributed by atoms with Gasteiger partial charge in [0.15, 0.2) is 0 Å². The van der Waals surface area contributed by atoms with E-state index >= 15 is 0 Å². The predicted molar refractivity (Wildman–Crippen MR) is 90.0 cm³/mol. The fourth-order valence-corrected chi connectivity index (χ4v) is 3.37. The van der Waals surface area contributed by atoms with E-state index < -0.39 is 0 Å². The van der Waals surface area contributed by atoms with E-state index in [2.05, 4.69) is 23.7 Å². The summed E-state index contributed by atoms with van der Waals surface area (Å²) in [6, 6.07) is 4.80. The molecule has 0 N–H and O–H groups in total. The van der Waals surface area contributed by atoms with Gasteiger partial charge in [-0.2, -0.15) is 0 Å². The molecule has 1 aliphatic rings. The predicted octanol–water partition coefficient (Wildman–Crippen LogP) is 3.05. The Morgan fingerprint density at radius 3 is 2.78 bits per heavy atom. The number of rotatable bonds is 4. The van der Waals surface area contributed by atoms with Crippen LogP contribution in [0, 0.1) is 11.7 Å². The summed E-state index contributed by atoms with van der Waals surface area (Å²) in [6.07, 6.45) is 4.96. The zero-order valence-corrected chi connectivity index (χ0v) is 13.8. The number of hydrogen-bond donors (Lipinski definition) is 0. The average Bonchev–Trinajstić information content (AvgIpc) is 2.57. The topological polar surface area (TPSA) is 38.1 Å². The van der Waals surface area contributed by atoms with Crippen LogP contribution < -0.4 is 5.56 Å². The van der Waals surface area contributed by atoms with Crippen molar-refractivity contribution in [3.05, 3.63) is 40.7 Å². The third-order valence-corrected chi connectivity index (χ3v) is 5.11. The second kappa shape index (κ2) is 6.79. The molecule has 0 aliphatic carbocycles. The summed E-state index contributed by atoms with van der Waals surface area (Å²) in [5.74, 6) is 0.146. The second-order valence-electron chi connectivity index (χ2n) is 6.60. The highest BCUT2D eigenvalue weighted by atomic mass is 19.1. The highest BCUT2D eigenvalue weighted by Crippen LogP contribution is 2.21. The maximum absolute atomic E-state index is 13.2. The molecule has 1 aliphatic heterocycles. The van der Waals surface area contributed by atoms with Crippen molar-refractivity contribution in [3.8, 4) is 0 Å². The highest BCUT2D eigenvalue weighted by molar-refractivity contribution is 5.77. The van der Waals surface area contributed by atoms with E-state index in [1.165, 1.54) is 24.6 Å². The smallest absolute Gasteiger partial charge is 0.261 e. The standard InChI is InChI=1S/C18H24FN3O/c1-3-13(2)21-8-6-14(7-9-21)11-22-12-20-17-10-15(19)4-5-16(17)18(22)23/h4-5,10,12-14H,3,6-9,11H2,1-2H3. The van der Waals surface area contributed by atoms with Crippen LogP contribution in [0.2, 0.25) is 0 Å². The number of likely N-dealkylation sites (tertiary alicyclic amines) is 1. The summed E-state index contributed by atoms with van der Waals surface area (Å²) in [5, 5.41) is 0.492. The van der Waals surface area contributed by atoms with Crippen LogP contribution in [0.1, 0.15) is 33.1 Å². The third-order valence-electron chi connectivity index (χ3n) is 5.11. The lowest BCUT2D eigenvalue weighted by Crippen LogP contribution is -2.41. The van der Waals surface area contributed by atoms with Gasteiger partial charge in [-0.25, -0.2) is 9.37 Å². The van der Waals surface area contributed by atoms with Crippen molar-refractivity contribution in [1.29, 1.82) is 0 Å². The summed E-state index contributed by atoms with van der Waals surface area (Å²) < 4.78 is 14.9. The zero-order chi connectivity index (χ0) is 16.4. The quantitative estimate of drug-likeness (QED) is 0.870. The van der Waals surface area contributed by atoms with Crippen LogP contribution in [0.15, 0.2) is 29.3 Å². The van der Waals surface area contributed by atoms with Crippen LogP contribution >= 0.6 is 0 Å². The second-order valence-corrected chi connectivity index (χ2v) is 6.60. The molecule has 1 aromatic heterocycles. The maximum Gasteiger partial charge on any atom is 0.261 e. The normalized spacial score (nSPS) is 18.4. The molecule has 1 aromatic carbocycles. The molecule has 2 heterocycles. The number of hydrogen-bond acceptors (Lipinski definition) is 3. The van der Waals surface area contributed by atoms with E-state index in [-0.39, 0.29) is 11.4 Å². The van der Waals surface area contributed by atoms with Gasteiger partial charge in [0.1, 0.15) is 5.82 Å². The summed E-state index contributed by atoms with van der Waals surface area (Å²) in [6.45, 7) is 7.39. The lowest BCUT2D eigenvalue weighted by Gasteiger charge is -2.35. The molecule has 2 aromatic rings. The molecule has 0 amide bonds. The zero-order valence-electron chi connectivity index (χ0n) is 13.8. The molecule has 124 valence electrons. The molecule has 23 heavy (non-hydrogen) atoms. The van der Waals surface area contributed by atoms with Gasteiger partial charge in [0.2, 0.25) is 0 Å². The summed E-state index contributed by atoms with van der Waals surface area (Å²) >= 11 is 0. The highest BCUT2D eigenvalue weighted by Gasteiger charge is 2.22. The molecule has 5 heteroatoms. The Balaban J connectivity index is 1.72. The molecule has 1 fully saturated rings. The van der Waals surface area contributed by atoms with Crippen LogP contribution in [0.25, 0.3) is 10.9 Å². The van der Waals surface area contributed by atoms with Crippen molar-refractivity contribution in [3.63, 3.8) is 0 Å². The van der Waals surface area contributed by atoms with Gasteiger partial charge >= 0.3 is 0 Å². The molecule has 1 atom stereocenters. The van der Waals surface area contributed by atoms with Crippen molar-refractivity contribution in [2.45, 2.75) is 45.7 Å². The Labute approximate surface area is 135 Å². The fourth-order valence-electron chi connectivity index (χ4n) is 3.37. The first-order chi connectivity index (χ1) is 11.1. The first-order valence-corrected chi connectivity index (χ1v) is 8.47. The van der Waals surface area contributed by atoms with Crippen LogP contribution in [0.3, 0.4) is 0 Å². The van der Waals surface area contributed by atoms with Gasteiger partial charge < -0.3 is 4.90 Å². The Morgan fingerprint density at radius 2 is 2.09 bits per heavy atom. The van der Waals surface area contributed by atoms with E-state index in [1.54, 1.807) is 10.9 Å². The minimum Gasteiger partial charge on any atom is -0.301 e. The number of nitrogens with zero attached hydrogens (tertiary/aromatic N) is 3. The van der Waals surface area contributed by atoms with E-state index in [0.29, 0.717) is 29.4 Å². The first kappa shape index (κ1) is 16.1. The van der Waals surface area contributed by atoms with Crippen molar-refractivity contribution in [2.75, 3.05) is 13.1 Å². The Kier molecular flexibility index (Phi) is 4.76. The van der Waals surface area contributed by atoms with Gasteiger partial charge in [-0.3, -0.25) is 9.36 Å². The molecule has 0 radical (unpaired) electrons. The van der Waals surface area contributed by atoms with E-state index in [9.17, 15) is 9.18 Å². The molecular weight excluding hydrogens is 293 g/mol. The van der Waals surface area contributed by atoms with E-state index in [1.807, 2.05) is 0 Å². The van der Waals surface area contributed by atoms with Crippen LogP contribution in [-0.4, -0.2) is 33.6 Å². The number of aromatic nitrogens is 2. The van der Waals surface area contributed by atoms with Gasteiger partial charge in [-0.05, 0) is 57.3 Å². The summed E-state index contributed by atoms with van der Waals surface area (Å²) in [4.78, 5) is 19.3. The Morgan fingerprint density at radius 1 is 1.35 bits per heavy atom. The number of fused-ring (bicyclic) bond motifs is 1. The molecule has 0 saturated carbocycles. The Hall–Kier alpha value is -1.75. The van der Waals surface area contributed by atoms with Crippen LogP contribution in [0.5, 0.6) is 0 Å². The minimum absolute atomic E-state index is 0.0700. The third kappa shape index (κ3) is 3.44. The first-order valence-electron chi connectivity index (χ1n) is 8.47. The van der Waals surface area contributed by atoms with Gasteiger partial charge in [-0.1, -0.05) is 6.92 Å². The molecule has 0 spiro atoms. The van der Waals surface area contributed by atoms with Gasteiger partial charge in [-0.15, -0.1) is 0 Å². The van der Waals surface area contributed by atoms with Gasteiger partial charge in [0, 0.05) is 18.7 Å². The van der Waals surface area contributed by atoms with E-state index in [0.717, 1.165) is 25.9 Å². The molecule has 4 nitrogen and oxygen atoms in total. The lowest BCUT2D eigenvalue weighted by molar-refractivity contribution is 0.130. The van der Waals surface area contributed by atoms with Gasteiger partial charge in [0.05, 0.1) is 17.2 Å². The molecule has 3 rings (SSSR count). The van der Waals surface area contributed by atoms with Crippen LogP contribution in [-0.2, 0) is 6.54 Å². The van der Waals surface area contributed by atoms with Crippen molar-refractivity contribution >= 4 is 10.9 Å². The van der Waals surface area contributed by atoms with Crippen LogP contribution in [0.4, 0.5) is 4.39 Å². The average molecular weight is 317 g/mol. The number of benzene rings is 1. The summed E-state index contributed by atoms with van der Waals surface area (Å²) in [5.41, 5.74) is 0.359. The largest absolute Gasteiger partial charge is 0.301 e. The SMILES string of the molecule is CCC(C)N1CCC(Cn2cnc3cc(F)ccc3c2=O)CC1. The van der Waals surface area contributed by atoms with Crippen molar-refractivity contribution in [2.24, 2.45) is 5.92 Å². The fraction of sp³-hybridized carbons (Fsp3) is 0.556. The van der Waals surface area contributed by atoms with E-state index in [4.69, 9.17) is 0 Å². The van der Waals surface area contributed by atoms with Gasteiger partial charge in [0.25, 0.3) is 5.56 Å². The lowest BCUT2D eigenvalue weighted by atomic mass is 9.95. The number of halogens is 1. The summed E-state index contributed by atoms with van der Waals surface area (Å²) in [7, 11) is 0. The molecule has 0 bridgehead atoms. The molecule has 1 saturated heterocycles. The number of piperidine rings is 1. The molecule has 1 unspecified atom stereocenters. The Bertz CT molecular complexity index is 735.